The van der Waals surface area contributed by atoms with Gasteiger partial charge >= 0.3 is 0 Å². The maximum atomic E-state index is 8.91. The zero-order valence-electron chi connectivity index (χ0n) is 17.1. The van der Waals surface area contributed by atoms with Crippen LogP contribution in [0, 0.1) is 11.5 Å². The second-order valence-electron chi connectivity index (χ2n) is 6.51. The number of guanidine groups is 1. The minimum absolute atomic E-state index is 0.0694. The maximum Gasteiger partial charge on any atom is 0.209 e. The van der Waals surface area contributed by atoms with Crippen LogP contribution in [0.1, 0.15) is 17.2 Å². The Balaban J connectivity index is 1.42. The van der Waals surface area contributed by atoms with E-state index in [4.69, 9.17) is 10.00 Å². The Morgan fingerprint density at radius 2 is 1.61 bits per heavy atom. The van der Waals surface area contributed by atoms with E-state index in [0.29, 0.717) is 19.1 Å². The molecule has 1 aromatic heterocycles. The molecule has 0 amide bonds. The number of pyridine rings is 1. The fourth-order valence-electron chi connectivity index (χ4n) is 2.92. The van der Waals surface area contributed by atoms with Crippen LogP contribution >= 0.6 is 11.8 Å². The smallest absolute Gasteiger partial charge is 0.209 e. The number of ether oxygens (including phenoxy) is 1. The second kappa shape index (κ2) is 13.1. The number of aliphatic imine (C=N–C) groups is 1. The van der Waals surface area contributed by atoms with Gasteiger partial charge in [0, 0.05) is 30.4 Å². The highest BCUT2D eigenvalue weighted by atomic mass is 32.2. The lowest BCUT2D eigenvalue weighted by atomic mass is 10.0. The van der Waals surface area contributed by atoms with E-state index in [1.807, 2.05) is 42.6 Å². The monoisotopic (exact) mass is 431 g/mol. The normalized spacial score (nSPS) is 11.2. The third-order valence-electron chi connectivity index (χ3n) is 4.33. The van der Waals surface area contributed by atoms with Crippen LogP contribution < -0.4 is 10.6 Å². The van der Waals surface area contributed by atoms with Crippen molar-refractivity contribution in [3.63, 3.8) is 0 Å². The molecule has 31 heavy (non-hydrogen) atoms. The first-order chi connectivity index (χ1) is 15.4. The lowest BCUT2D eigenvalue weighted by molar-refractivity contribution is 0.0935. The van der Waals surface area contributed by atoms with Gasteiger partial charge in [-0.2, -0.15) is 17.0 Å². The van der Waals surface area contributed by atoms with Crippen molar-refractivity contribution in [2.45, 2.75) is 6.10 Å². The first-order valence-corrected chi connectivity index (χ1v) is 11.2. The topological polar surface area (TPSA) is 82.3 Å². The SMILES string of the molecule is N#CN/C(=N/c1ccncc1)NCCSCCOC(c1ccccc1)c1ccccc1. The van der Waals surface area contributed by atoms with Crippen molar-refractivity contribution in [1.82, 2.24) is 15.6 Å². The zero-order valence-corrected chi connectivity index (χ0v) is 18.0. The lowest BCUT2D eigenvalue weighted by Gasteiger charge is -2.19. The number of hydrogen-bond acceptors (Lipinski definition) is 5. The van der Waals surface area contributed by atoms with E-state index in [1.165, 1.54) is 0 Å². The van der Waals surface area contributed by atoms with Crippen LogP contribution in [-0.2, 0) is 4.74 Å². The summed E-state index contributed by atoms with van der Waals surface area (Å²) in [6.45, 7) is 1.33. The summed E-state index contributed by atoms with van der Waals surface area (Å²) in [5.41, 5.74) is 3.04. The molecule has 0 radical (unpaired) electrons. The first-order valence-electron chi connectivity index (χ1n) is 10.0. The molecule has 3 aromatic rings. The van der Waals surface area contributed by atoms with Gasteiger partial charge in [-0.25, -0.2) is 4.99 Å². The van der Waals surface area contributed by atoms with Crippen LogP contribution in [-0.4, -0.2) is 35.6 Å². The quantitative estimate of drug-likeness (QED) is 0.164. The Bertz CT molecular complexity index is 922. The van der Waals surface area contributed by atoms with Crippen LogP contribution in [0.4, 0.5) is 5.69 Å². The summed E-state index contributed by atoms with van der Waals surface area (Å²) in [5, 5.41) is 14.6. The highest BCUT2D eigenvalue weighted by molar-refractivity contribution is 7.99. The van der Waals surface area contributed by atoms with Gasteiger partial charge in [-0.05, 0) is 23.3 Å². The average Bonchev–Trinajstić information content (AvgIpc) is 2.83. The number of benzene rings is 2. The minimum atomic E-state index is -0.0694. The van der Waals surface area contributed by atoms with Crippen molar-refractivity contribution in [3.05, 3.63) is 96.3 Å². The minimum Gasteiger partial charge on any atom is -0.368 e. The van der Waals surface area contributed by atoms with Gasteiger partial charge in [0.2, 0.25) is 5.96 Å². The van der Waals surface area contributed by atoms with E-state index in [-0.39, 0.29) is 6.10 Å². The molecule has 0 atom stereocenters. The summed E-state index contributed by atoms with van der Waals surface area (Å²) < 4.78 is 6.23. The summed E-state index contributed by atoms with van der Waals surface area (Å²) >= 11 is 1.79. The van der Waals surface area contributed by atoms with Crippen molar-refractivity contribution in [1.29, 1.82) is 5.26 Å². The molecule has 7 heteroatoms. The summed E-state index contributed by atoms with van der Waals surface area (Å²) in [5.74, 6) is 2.17. The molecule has 1 heterocycles. The van der Waals surface area contributed by atoms with Gasteiger partial charge in [0.05, 0.1) is 12.3 Å². The molecule has 0 aliphatic heterocycles. The zero-order chi connectivity index (χ0) is 21.6. The summed E-state index contributed by atoms with van der Waals surface area (Å²) in [6.07, 6.45) is 5.16. The largest absolute Gasteiger partial charge is 0.368 e. The van der Waals surface area contributed by atoms with Crippen LogP contribution in [0.5, 0.6) is 0 Å². The molecule has 0 aliphatic rings. The number of aromatic nitrogens is 1. The van der Waals surface area contributed by atoms with Gasteiger partial charge in [-0.1, -0.05) is 60.7 Å². The fraction of sp³-hybridized carbons (Fsp3) is 0.208. The number of nitrogens with zero attached hydrogens (tertiary/aromatic N) is 3. The van der Waals surface area contributed by atoms with E-state index < -0.39 is 0 Å². The van der Waals surface area contributed by atoms with Crippen molar-refractivity contribution in [2.24, 2.45) is 4.99 Å². The predicted octanol–water partition coefficient (Wildman–Crippen LogP) is 4.27. The number of nitrogens with one attached hydrogen (secondary N) is 2. The number of hydrogen-bond donors (Lipinski definition) is 2. The molecule has 0 fully saturated rings. The molecule has 158 valence electrons. The molecule has 0 saturated heterocycles. The van der Waals surface area contributed by atoms with Gasteiger partial charge in [-0.3, -0.25) is 10.3 Å². The maximum absolute atomic E-state index is 8.91. The van der Waals surface area contributed by atoms with Crippen LogP contribution in [0.15, 0.2) is 90.2 Å². The lowest BCUT2D eigenvalue weighted by Crippen LogP contribution is -2.35. The molecule has 6 nitrogen and oxygen atoms in total. The van der Waals surface area contributed by atoms with Crippen molar-refractivity contribution in [2.75, 3.05) is 24.7 Å². The van der Waals surface area contributed by atoms with Crippen molar-refractivity contribution >= 4 is 23.4 Å². The third-order valence-corrected chi connectivity index (χ3v) is 5.28. The Morgan fingerprint density at radius 1 is 0.968 bits per heavy atom. The molecular weight excluding hydrogens is 406 g/mol. The molecule has 3 rings (SSSR count). The summed E-state index contributed by atoms with van der Waals surface area (Å²) in [7, 11) is 0. The Kier molecular flexibility index (Phi) is 9.42. The Labute approximate surface area is 187 Å². The highest BCUT2D eigenvalue weighted by Crippen LogP contribution is 2.25. The predicted molar refractivity (Wildman–Crippen MR) is 126 cm³/mol. The van der Waals surface area contributed by atoms with Gasteiger partial charge in [0.25, 0.3) is 0 Å². The fourth-order valence-corrected chi connectivity index (χ4v) is 3.59. The molecule has 0 bridgehead atoms. The molecule has 0 spiro atoms. The molecular formula is C24H25N5OS. The molecule has 0 aliphatic carbocycles. The van der Waals surface area contributed by atoms with E-state index in [9.17, 15) is 0 Å². The molecule has 0 unspecified atom stereocenters. The van der Waals surface area contributed by atoms with Crippen LogP contribution in [0.3, 0.4) is 0 Å². The van der Waals surface area contributed by atoms with E-state index in [1.54, 1.807) is 36.3 Å². The molecule has 2 N–H and O–H groups in total. The van der Waals surface area contributed by atoms with Crippen molar-refractivity contribution in [3.8, 4) is 6.19 Å². The Hall–Kier alpha value is -3.34. The summed E-state index contributed by atoms with van der Waals surface area (Å²) in [4.78, 5) is 8.33. The van der Waals surface area contributed by atoms with E-state index >= 15 is 0 Å². The Morgan fingerprint density at radius 3 is 2.23 bits per heavy atom. The number of rotatable bonds is 10. The average molecular weight is 432 g/mol. The van der Waals surface area contributed by atoms with Gasteiger partial charge < -0.3 is 10.1 Å². The molecule has 2 aromatic carbocycles. The van der Waals surface area contributed by atoms with Gasteiger partial charge in [0.15, 0.2) is 6.19 Å². The van der Waals surface area contributed by atoms with Crippen molar-refractivity contribution < 1.29 is 4.74 Å². The number of thioether (sulfide) groups is 1. The van der Waals surface area contributed by atoms with E-state index in [0.717, 1.165) is 28.3 Å². The van der Waals surface area contributed by atoms with E-state index in [2.05, 4.69) is 44.9 Å². The van der Waals surface area contributed by atoms with Crippen LogP contribution in [0.25, 0.3) is 0 Å². The number of nitriles is 1. The standard InChI is InChI=1S/C24H25N5OS/c25-19-28-24(29-22-11-13-26-14-12-22)27-15-17-31-18-16-30-23(20-7-3-1-4-8-20)21-9-5-2-6-10-21/h1-14,23H,15-18H2,(H2,26,27,28,29). The molecule has 0 saturated carbocycles. The first kappa shape index (κ1) is 22.3. The third kappa shape index (κ3) is 7.78. The highest BCUT2D eigenvalue weighted by Gasteiger charge is 2.13. The van der Waals surface area contributed by atoms with Gasteiger partial charge in [-0.15, -0.1) is 0 Å². The van der Waals surface area contributed by atoms with Crippen LogP contribution in [0.2, 0.25) is 0 Å². The summed E-state index contributed by atoms with van der Waals surface area (Å²) in [6, 6.07) is 24.1. The van der Waals surface area contributed by atoms with Gasteiger partial charge in [0.1, 0.15) is 6.10 Å². The second-order valence-corrected chi connectivity index (χ2v) is 7.74.